The van der Waals surface area contributed by atoms with E-state index in [2.05, 4.69) is 69.7 Å². The van der Waals surface area contributed by atoms with E-state index in [1.807, 2.05) is 0 Å². The second-order valence-electron chi connectivity index (χ2n) is 6.94. The fourth-order valence-electron chi connectivity index (χ4n) is 3.57. The summed E-state index contributed by atoms with van der Waals surface area (Å²) in [6.07, 6.45) is 7.94. The Hall–Kier alpha value is -2.37. The lowest BCUT2D eigenvalue weighted by atomic mass is 9.96. The van der Waals surface area contributed by atoms with Gasteiger partial charge in [0.05, 0.1) is 6.20 Å². The van der Waals surface area contributed by atoms with Gasteiger partial charge in [-0.3, -0.25) is 0 Å². The Balaban J connectivity index is 1.69. The van der Waals surface area contributed by atoms with Crippen molar-refractivity contribution < 1.29 is 0 Å². The lowest BCUT2D eigenvalue weighted by Gasteiger charge is -2.23. The SMILES string of the molecule is CCN(CC)c1ccc(Nc2cnnc(NC3CCCCC3)n2)c(C)c1. The second kappa shape index (κ2) is 8.83. The zero-order valence-corrected chi connectivity index (χ0v) is 16.1. The first-order chi connectivity index (χ1) is 12.7. The lowest BCUT2D eigenvalue weighted by molar-refractivity contribution is 0.460. The lowest BCUT2D eigenvalue weighted by Crippen LogP contribution is -2.23. The summed E-state index contributed by atoms with van der Waals surface area (Å²) in [5.41, 5.74) is 3.48. The molecule has 0 amide bonds. The van der Waals surface area contributed by atoms with Crippen LogP contribution >= 0.6 is 0 Å². The van der Waals surface area contributed by atoms with E-state index in [0.717, 1.165) is 24.6 Å². The number of aryl methyl sites for hydroxylation is 1. The monoisotopic (exact) mass is 354 g/mol. The third-order valence-corrected chi connectivity index (χ3v) is 5.10. The van der Waals surface area contributed by atoms with Gasteiger partial charge in [-0.15, -0.1) is 5.10 Å². The van der Waals surface area contributed by atoms with Gasteiger partial charge < -0.3 is 15.5 Å². The number of benzene rings is 1. The van der Waals surface area contributed by atoms with Crippen LogP contribution in [0.4, 0.5) is 23.1 Å². The second-order valence-corrected chi connectivity index (χ2v) is 6.94. The van der Waals surface area contributed by atoms with Crippen molar-refractivity contribution >= 4 is 23.1 Å². The first-order valence-corrected chi connectivity index (χ1v) is 9.78. The molecule has 1 aliphatic carbocycles. The van der Waals surface area contributed by atoms with Crippen LogP contribution in [-0.2, 0) is 0 Å². The first kappa shape index (κ1) is 18.4. The van der Waals surface area contributed by atoms with E-state index in [1.165, 1.54) is 43.4 Å². The Morgan fingerprint density at radius 1 is 1.12 bits per heavy atom. The van der Waals surface area contributed by atoms with E-state index >= 15 is 0 Å². The number of nitrogens with one attached hydrogen (secondary N) is 2. The fraction of sp³-hybridized carbons (Fsp3) is 0.550. The molecule has 1 aromatic heterocycles. The van der Waals surface area contributed by atoms with Crippen molar-refractivity contribution in [3.63, 3.8) is 0 Å². The summed E-state index contributed by atoms with van der Waals surface area (Å²) in [7, 11) is 0. The van der Waals surface area contributed by atoms with Crippen molar-refractivity contribution in [1.82, 2.24) is 15.2 Å². The van der Waals surface area contributed by atoms with Gasteiger partial charge >= 0.3 is 0 Å². The molecule has 2 aromatic rings. The maximum absolute atomic E-state index is 4.59. The highest BCUT2D eigenvalue weighted by Crippen LogP contribution is 2.25. The molecule has 0 unspecified atom stereocenters. The van der Waals surface area contributed by atoms with Gasteiger partial charge in [-0.25, -0.2) is 0 Å². The van der Waals surface area contributed by atoms with Crippen molar-refractivity contribution in [2.24, 2.45) is 0 Å². The molecule has 140 valence electrons. The van der Waals surface area contributed by atoms with Gasteiger partial charge in [0.25, 0.3) is 0 Å². The molecule has 0 aliphatic heterocycles. The van der Waals surface area contributed by atoms with E-state index in [-0.39, 0.29) is 0 Å². The predicted octanol–water partition coefficient (Wildman–Crippen LogP) is 4.51. The summed E-state index contributed by atoms with van der Waals surface area (Å²) in [4.78, 5) is 6.93. The molecule has 2 N–H and O–H groups in total. The quantitative estimate of drug-likeness (QED) is 0.762. The summed E-state index contributed by atoms with van der Waals surface area (Å²) < 4.78 is 0. The molecule has 1 fully saturated rings. The van der Waals surface area contributed by atoms with Gasteiger partial charge in [-0.05, 0) is 57.4 Å². The van der Waals surface area contributed by atoms with Gasteiger partial charge in [-0.2, -0.15) is 10.1 Å². The molecule has 1 aromatic carbocycles. The zero-order chi connectivity index (χ0) is 18.4. The fourth-order valence-corrected chi connectivity index (χ4v) is 3.57. The van der Waals surface area contributed by atoms with Crippen LogP contribution < -0.4 is 15.5 Å². The molecule has 6 heteroatoms. The molecule has 3 rings (SSSR count). The molecule has 0 atom stereocenters. The van der Waals surface area contributed by atoms with Crippen LogP contribution in [0.25, 0.3) is 0 Å². The highest BCUT2D eigenvalue weighted by Gasteiger charge is 2.14. The van der Waals surface area contributed by atoms with Gasteiger partial charge in [-0.1, -0.05) is 19.3 Å². The van der Waals surface area contributed by atoms with Crippen molar-refractivity contribution in [1.29, 1.82) is 0 Å². The van der Waals surface area contributed by atoms with Gasteiger partial charge in [0.15, 0.2) is 5.82 Å². The summed E-state index contributed by atoms with van der Waals surface area (Å²) in [5.74, 6) is 1.33. The largest absolute Gasteiger partial charge is 0.372 e. The summed E-state index contributed by atoms with van der Waals surface area (Å²) in [5, 5.41) is 15.1. The first-order valence-electron chi connectivity index (χ1n) is 9.78. The third kappa shape index (κ3) is 4.62. The topological polar surface area (TPSA) is 66.0 Å². The van der Waals surface area contributed by atoms with E-state index in [4.69, 9.17) is 0 Å². The number of nitrogens with zero attached hydrogens (tertiary/aromatic N) is 4. The Labute approximate surface area is 156 Å². The maximum atomic E-state index is 4.59. The van der Waals surface area contributed by atoms with Crippen LogP contribution in [0.3, 0.4) is 0 Å². The minimum Gasteiger partial charge on any atom is -0.372 e. The van der Waals surface area contributed by atoms with Crippen LogP contribution in [-0.4, -0.2) is 34.3 Å². The van der Waals surface area contributed by atoms with Gasteiger partial charge in [0, 0.05) is 30.5 Å². The van der Waals surface area contributed by atoms with Crippen LogP contribution in [0, 0.1) is 6.92 Å². The average Bonchev–Trinajstić information content (AvgIpc) is 2.66. The smallest absolute Gasteiger partial charge is 0.244 e. The molecule has 1 aliphatic rings. The number of hydrogen-bond acceptors (Lipinski definition) is 6. The molecule has 0 saturated heterocycles. The summed E-state index contributed by atoms with van der Waals surface area (Å²) in [6, 6.07) is 6.94. The molecular weight excluding hydrogens is 324 g/mol. The van der Waals surface area contributed by atoms with Crippen molar-refractivity contribution in [3.8, 4) is 0 Å². The Morgan fingerprint density at radius 2 is 1.88 bits per heavy atom. The Bertz CT molecular complexity index is 707. The van der Waals surface area contributed by atoms with Crippen LogP contribution in [0.5, 0.6) is 0 Å². The molecular formula is C20H30N6. The molecule has 1 saturated carbocycles. The van der Waals surface area contributed by atoms with E-state index in [0.29, 0.717) is 12.0 Å². The van der Waals surface area contributed by atoms with Crippen LogP contribution in [0.15, 0.2) is 24.4 Å². The van der Waals surface area contributed by atoms with Gasteiger partial charge in [0.2, 0.25) is 5.95 Å². The third-order valence-electron chi connectivity index (χ3n) is 5.10. The van der Waals surface area contributed by atoms with Crippen LogP contribution in [0.1, 0.15) is 51.5 Å². The number of aromatic nitrogens is 3. The van der Waals surface area contributed by atoms with Crippen molar-refractivity contribution in [2.75, 3.05) is 28.6 Å². The minimum atomic E-state index is 0.468. The highest BCUT2D eigenvalue weighted by atomic mass is 15.3. The maximum Gasteiger partial charge on any atom is 0.244 e. The van der Waals surface area contributed by atoms with Crippen molar-refractivity contribution in [2.45, 2.75) is 58.9 Å². The minimum absolute atomic E-state index is 0.468. The Morgan fingerprint density at radius 3 is 2.58 bits per heavy atom. The average molecular weight is 355 g/mol. The molecule has 1 heterocycles. The molecule has 0 spiro atoms. The molecule has 6 nitrogen and oxygen atoms in total. The zero-order valence-electron chi connectivity index (χ0n) is 16.1. The van der Waals surface area contributed by atoms with Gasteiger partial charge in [0.1, 0.15) is 0 Å². The molecule has 0 radical (unpaired) electrons. The van der Waals surface area contributed by atoms with E-state index < -0.39 is 0 Å². The Kier molecular flexibility index (Phi) is 6.26. The highest BCUT2D eigenvalue weighted by molar-refractivity contribution is 5.65. The number of anilines is 4. The number of rotatable bonds is 7. The van der Waals surface area contributed by atoms with E-state index in [1.54, 1.807) is 6.20 Å². The standard InChI is InChI=1S/C20H30N6/c1-4-26(5-2)17-11-12-18(15(3)13-17)23-19-14-21-25-20(24-19)22-16-9-7-6-8-10-16/h11-14,16H,4-10H2,1-3H3,(H2,22,23,24,25). The van der Waals surface area contributed by atoms with Crippen molar-refractivity contribution in [3.05, 3.63) is 30.0 Å². The summed E-state index contributed by atoms with van der Waals surface area (Å²) in [6.45, 7) is 8.49. The van der Waals surface area contributed by atoms with E-state index in [9.17, 15) is 0 Å². The molecule has 26 heavy (non-hydrogen) atoms. The predicted molar refractivity (Wildman–Crippen MR) is 108 cm³/mol. The summed E-state index contributed by atoms with van der Waals surface area (Å²) >= 11 is 0. The number of hydrogen-bond donors (Lipinski definition) is 2. The normalized spacial score (nSPS) is 14.9. The van der Waals surface area contributed by atoms with Crippen LogP contribution in [0.2, 0.25) is 0 Å². The molecule has 0 bridgehead atoms.